The highest BCUT2D eigenvalue weighted by Gasteiger charge is 2.53. The molecule has 3 atom stereocenters. The zero-order valence-corrected chi connectivity index (χ0v) is 27.4. The van der Waals surface area contributed by atoms with E-state index in [1.807, 2.05) is 25.1 Å². The third kappa shape index (κ3) is 8.31. The first kappa shape index (κ1) is 33.3. The fraction of sp³-hybridized carbons (Fsp3) is 0.600. The van der Waals surface area contributed by atoms with Crippen LogP contribution in [0.4, 0.5) is 4.39 Å². The molecule has 2 aliphatic rings. The number of hydrogen-bond donors (Lipinski definition) is 3. The number of rotatable bonds is 13. The number of amides is 3. The highest BCUT2D eigenvalue weighted by atomic mass is 79.9. The molecular weight excluding hydrogens is 643 g/mol. The molecule has 43 heavy (non-hydrogen) atoms. The Balaban J connectivity index is 1.47. The molecule has 2 heterocycles. The number of halogens is 2. The van der Waals surface area contributed by atoms with Crippen LogP contribution in [0.2, 0.25) is 0 Å². The molecule has 1 aliphatic carbocycles. The zero-order chi connectivity index (χ0) is 31.4. The van der Waals surface area contributed by atoms with E-state index in [0.29, 0.717) is 25.6 Å². The number of β-amino-alcohol motifs (C(OH)–C–C–N with tert-alkyl or cyclic N) is 1. The van der Waals surface area contributed by atoms with Crippen LogP contribution < -0.4 is 15.4 Å². The number of thiazole rings is 1. The fourth-order valence-corrected chi connectivity index (χ4v) is 5.97. The van der Waals surface area contributed by atoms with Crippen molar-refractivity contribution in [3.8, 4) is 16.2 Å². The lowest BCUT2D eigenvalue weighted by Gasteiger charge is -2.35. The van der Waals surface area contributed by atoms with Gasteiger partial charge in [0.2, 0.25) is 11.8 Å². The van der Waals surface area contributed by atoms with E-state index in [4.69, 9.17) is 9.47 Å². The van der Waals surface area contributed by atoms with Crippen molar-refractivity contribution >= 4 is 45.0 Å². The van der Waals surface area contributed by atoms with Gasteiger partial charge in [0.05, 0.1) is 35.4 Å². The molecule has 1 saturated heterocycles. The van der Waals surface area contributed by atoms with Gasteiger partial charge in [0, 0.05) is 30.4 Å². The summed E-state index contributed by atoms with van der Waals surface area (Å²) in [5.74, 6) is -1.20. The van der Waals surface area contributed by atoms with Gasteiger partial charge in [-0.05, 0) is 36.8 Å². The Morgan fingerprint density at radius 3 is 2.63 bits per heavy atom. The maximum atomic E-state index is 14.4. The number of aryl methyl sites for hydroxylation is 1. The van der Waals surface area contributed by atoms with Gasteiger partial charge in [0.25, 0.3) is 5.91 Å². The summed E-state index contributed by atoms with van der Waals surface area (Å²) < 4.78 is 26.0. The van der Waals surface area contributed by atoms with Gasteiger partial charge in [-0.25, -0.2) is 9.37 Å². The maximum absolute atomic E-state index is 14.4. The SMILES string of the molecule is Cc1ncsc1-c1ccc(CNC(=O)[C@@H]2C[C@@H](O)CN2C(=O)[C@@H](NC(=O)C2(F)CC2)C(C)(C)C)c(OCCOCCBr)c1. The van der Waals surface area contributed by atoms with Crippen molar-refractivity contribution in [2.75, 3.05) is 31.7 Å². The summed E-state index contributed by atoms with van der Waals surface area (Å²) in [5.41, 5.74) is 1.67. The molecule has 2 fully saturated rings. The van der Waals surface area contributed by atoms with Crippen LogP contribution >= 0.6 is 27.3 Å². The van der Waals surface area contributed by atoms with E-state index in [0.717, 1.165) is 27.0 Å². The lowest BCUT2D eigenvalue weighted by atomic mass is 9.85. The first-order valence-corrected chi connectivity index (χ1v) is 16.4. The number of carbonyl (C=O) groups excluding carboxylic acids is 3. The van der Waals surface area contributed by atoms with E-state index in [-0.39, 0.29) is 32.4 Å². The molecule has 1 aliphatic heterocycles. The van der Waals surface area contributed by atoms with Gasteiger partial charge in [-0.3, -0.25) is 14.4 Å². The number of hydrogen-bond acceptors (Lipinski definition) is 8. The van der Waals surface area contributed by atoms with Gasteiger partial charge < -0.3 is 30.1 Å². The largest absolute Gasteiger partial charge is 0.491 e. The molecule has 0 bridgehead atoms. The van der Waals surface area contributed by atoms with Gasteiger partial charge in [-0.1, -0.05) is 48.8 Å². The van der Waals surface area contributed by atoms with Crippen LogP contribution in [0.3, 0.4) is 0 Å². The van der Waals surface area contributed by atoms with Crippen molar-refractivity contribution in [3.63, 3.8) is 0 Å². The Hall–Kier alpha value is -2.61. The summed E-state index contributed by atoms with van der Waals surface area (Å²) >= 11 is 4.86. The van der Waals surface area contributed by atoms with Gasteiger partial charge in [-0.2, -0.15) is 0 Å². The van der Waals surface area contributed by atoms with E-state index in [1.54, 1.807) is 26.3 Å². The predicted octanol–water partition coefficient (Wildman–Crippen LogP) is 3.52. The minimum atomic E-state index is -1.95. The third-order valence-corrected chi connectivity index (χ3v) is 8.89. The fourth-order valence-electron chi connectivity index (χ4n) is 4.94. The molecule has 3 N–H and O–H groups in total. The number of aromatic nitrogens is 1. The van der Waals surface area contributed by atoms with Gasteiger partial charge in [0.15, 0.2) is 5.67 Å². The van der Waals surface area contributed by atoms with E-state index in [9.17, 15) is 23.9 Å². The van der Waals surface area contributed by atoms with Gasteiger partial charge >= 0.3 is 0 Å². The Kier molecular flexibility index (Phi) is 10.8. The van der Waals surface area contributed by atoms with Crippen LogP contribution in [-0.4, -0.2) is 88.3 Å². The smallest absolute Gasteiger partial charge is 0.258 e. The Labute approximate surface area is 263 Å². The van der Waals surface area contributed by atoms with Crippen LogP contribution in [0, 0.1) is 12.3 Å². The minimum Gasteiger partial charge on any atom is -0.491 e. The van der Waals surface area contributed by atoms with Crippen LogP contribution in [0.1, 0.15) is 51.3 Å². The molecule has 10 nitrogen and oxygen atoms in total. The number of nitrogens with zero attached hydrogens (tertiary/aromatic N) is 2. The second kappa shape index (κ2) is 14.0. The number of aliphatic hydroxyl groups is 1. The highest BCUT2D eigenvalue weighted by molar-refractivity contribution is 9.09. The monoisotopic (exact) mass is 682 g/mol. The van der Waals surface area contributed by atoms with Crippen molar-refractivity contribution in [2.45, 2.75) is 77.4 Å². The van der Waals surface area contributed by atoms with Crippen LogP contribution in [0.15, 0.2) is 23.7 Å². The number of likely N-dealkylation sites (tertiary alicyclic amines) is 1. The molecule has 0 spiro atoms. The third-order valence-electron chi connectivity index (χ3n) is 7.58. The van der Waals surface area contributed by atoms with Gasteiger partial charge in [-0.15, -0.1) is 11.3 Å². The zero-order valence-electron chi connectivity index (χ0n) is 25.0. The molecule has 3 amide bonds. The standard InChI is InChI=1S/C30H40BrFN4O6S/c1-18-24(43-17-34-18)19-5-6-20(23(13-19)42-12-11-41-10-9-31)15-33-26(38)22-14-21(37)16-36(22)27(39)25(29(2,3)4)35-28(40)30(32)7-8-30/h5-6,13,17,21-22,25,37H,7-12,14-16H2,1-4H3,(H,33,38)(H,35,40)/t21-,22+,25-/m1/s1. The normalized spacial score (nSPS) is 20.0. The summed E-state index contributed by atoms with van der Waals surface area (Å²) in [4.78, 5) is 46.3. The van der Waals surface area contributed by atoms with E-state index < -0.39 is 47.0 Å². The summed E-state index contributed by atoms with van der Waals surface area (Å²) in [6, 6.07) is 3.72. The number of aliphatic hydroxyl groups excluding tert-OH is 1. The summed E-state index contributed by atoms with van der Waals surface area (Å²) in [6.45, 7) is 8.56. The number of carbonyl (C=O) groups is 3. The molecule has 4 rings (SSSR count). The lowest BCUT2D eigenvalue weighted by molar-refractivity contribution is -0.145. The van der Waals surface area contributed by atoms with Crippen LogP contribution in [0.25, 0.3) is 10.4 Å². The van der Waals surface area contributed by atoms with Crippen molar-refractivity contribution in [1.29, 1.82) is 0 Å². The molecule has 1 aromatic carbocycles. The molecule has 0 unspecified atom stereocenters. The van der Waals surface area contributed by atoms with Crippen LogP contribution in [0.5, 0.6) is 5.75 Å². The molecule has 2 aromatic rings. The first-order chi connectivity index (χ1) is 20.3. The van der Waals surface area contributed by atoms with Crippen molar-refractivity contribution in [3.05, 3.63) is 35.0 Å². The predicted molar refractivity (Wildman–Crippen MR) is 165 cm³/mol. The van der Waals surface area contributed by atoms with Crippen molar-refractivity contribution in [2.24, 2.45) is 5.41 Å². The molecule has 13 heteroatoms. The Morgan fingerprint density at radius 2 is 2.00 bits per heavy atom. The number of alkyl halides is 2. The average molecular weight is 684 g/mol. The van der Waals surface area contributed by atoms with Crippen molar-refractivity contribution in [1.82, 2.24) is 20.5 Å². The Morgan fingerprint density at radius 1 is 1.26 bits per heavy atom. The van der Waals surface area contributed by atoms with Crippen LogP contribution in [-0.2, 0) is 25.7 Å². The van der Waals surface area contributed by atoms with E-state index in [2.05, 4.69) is 31.5 Å². The maximum Gasteiger partial charge on any atom is 0.258 e. The van der Waals surface area contributed by atoms with E-state index in [1.165, 1.54) is 16.2 Å². The molecular formula is C30H40BrFN4O6S. The number of nitrogens with one attached hydrogen (secondary N) is 2. The minimum absolute atomic E-state index is 0.0489. The number of benzene rings is 1. The van der Waals surface area contributed by atoms with E-state index >= 15 is 0 Å². The molecule has 1 aromatic heterocycles. The molecule has 0 radical (unpaired) electrons. The highest BCUT2D eigenvalue weighted by Crippen LogP contribution is 2.40. The van der Waals surface area contributed by atoms with Crippen molar-refractivity contribution < 1.29 is 33.4 Å². The van der Waals surface area contributed by atoms with Gasteiger partial charge in [0.1, 0.15) is 24.4 Å². The Bertz CT molecular complexity index is 1310. The number of ether oxygens (including phenoxy) is 2. The summed E-state index contributed by atoms with van der Waals surface area (Å²) in [5, 5.41) is 16.6. The average Bonchev–Trinajstić information content (AvgIpc) is 3.37. The second-order valence-corrected chi connectivity index (χ2v) is 13.7. The quantitative estimate of drug-likeness (QED) is 0.218. The lowest BCUT2D eigenvalue weighted by Crippen LogP contribution is -2.59. The second-order valence-electron chi connectivity index (χ2n) is 12.1. The first-order valence-electron chi connectivity index (χ1n) is 14.4. The summed E-state index contributed by atoms with van der Waals surface area (Å²) in [7, 11) is 0. The topological polar surface area (TPSA) is 130 Å². The summed E-state index contributed by atoms with van der Waals surface area (Å²) in [6.07, 6.45) is -0.616. The molecule has 236 valence electrons. The molecule has 1 saturated carbocycles.